The van der Waals surface area contributed by atoms with Crippen molar-refractivity contribution in [2.75, 3.05) is 11.1 Å². The lowest BCUT2D eigenvalue weighted by atomic mass is 10.1. The van der Waals surface area contributed by atoms with E-state index in [1.54, 1.807) is 0 Å². The van der Waals surface area contributed by atoms with E-state index in [4.69, 9.17) is 0 Å². The fourth-order valence-corrected chi connectivity index (χ4v) is 4.19. The highest BCUT2D eigenvalue weighted by Crippen LogP contribution is 2.40. The summed E-state index contributed by atoms with van der Waals surface area (Å²) in [7, 11) is 0. The van der Waals surface area contributed by atoms with Crippen LogP contribution in [-0.4, -0.2) is 21.4 Å². The third-order valence-corrected chi connectivity index (χ3v) is 5.54. The van der Waals surface area contributed by atoms with E-state index in [-0.39, 0.29) is 22.8 Å². The summed E-state index contributed by atoms with van der Waals surface area (Å²) in [5.74, 6) is 0.914. The molecule has 2 aromatic rings. The maximum absolute atomic E-state index is 12.6. The Morgan fingerprint density at radius 3 is 2.57 bits per heavy atom. The van der Waals surface area contributed by atoms with Gasteiger partial charge in [0.25, 0.3) is 5.56 Å². The summed E-state index contributed by atoms with van der Waals surface area (Å²) in [6.45, 7) is 4.17. The maximum Gasteiger partial charge on any atom is 0.270 e. The molecule has 1 aromatic heterocycles. The van der Waals surface area contributed by atoms with Gasteiger partial charge in [-0.2, -0.15) is 0 Å². The lowest BCUT2D eigenvalue weighted by Crippen LogP contribution is -2.19. The summed E-state index contributed by atoms with van der Waals surface area (Å²) >= 11 is 1.50. The Bertz CT molecular complexity index is 747. The van der Waals surface area contributed by atoms with Gasteiger partial charge in [-0.1, -0.05) is 44.2 Å². The van der Waals surface area contributed by atoms with Crippen LogP contribution >= 0.6 is 11.8 Å². The van der Waals surface area contributed by atoms with Gasteiger partial charge in [0.15, 0.2) is 0 Å². The first-order chi connectivity index (χ1) is 11.2. The van der Waals surface area contributed by atoms with Crippen molar-refractivity contribution in [1.82, 2.24) is 9.78 Å². The zero-order valence-corrected chi connectivity index (χ0v) is 14.2. The second-order valence-electron chi connectivity index (χ2n) is 5.69. The van der Waals surface area contributed by atoms with Crippen LogP contribution in [-0.2, 0) is 4.79 Å². The fraction of sp³-hybridized carbons (Fsp3) is 0.412. The first kappa shape index (κ1) is 15.9. The third kappa shape index (κ3) is 2.95. The number of benzene rings is 1. The van der Waals surface area contributed by atoms with E-state index >= 15 is 0 Å². The van der Waals surface area contributed by atoms with E-state index in [1.807, 2.05) is 35.0 Å². The Labute approximate surface area is 139 Å². The predicted molar refractivity (Wildman–Crippen MR) is 94.0 cm³/mol. The molecule has 5 nitrogen and oxygen atoms in total. The molecule has 6 heteroatoms. The molecule has 122 valence electrons. The van der Waals surface area contributed by atoms with E-state index < -0.39 is 0 Å². The molecular weight excluding hydrogens is 310 g/mol. The number of nitrogens with zero attached hydrogens (tertiary/aromatic N) is 1. The maximum atomic E-state index is 12.6. The summed E-state index contributed by atoms with van der Waals surface area (Å²) in [5, 5.41) is 5.74. The van der Waals surface area contributed by atoms with Gasteiger partial charge in [0.2, 0.25) is 5.91 Å². The quantitative estimate of drug-likeness (QED) is 0.903. The summed E-state index contributed by atoms with van der Waals surface area (Å²) < 4.78 is 1.84. The molecule has 0 unspecified atom stereocenters. The molecule has 0 spiro atoms. The highest BCUT2D eigenvalue weighted by molar-refractivity contribution is 8.00. The summed E-state index contributed by atoms with van der Waals surface area (Å²) in [5.41, 5.74) is 1.58. The summed E-state index contributed by atoms with van der Waals surface area (Å²) in [6, 6.07) is 10.1. The molecule has 1 aromatic carbocycles. The molecule has 2 N–H and O–H groups in total. The van der Waals surface area contributed by atoms with Crippen LogP contribution in [0.2, 0.25) is 0 Å². The van der Waals surface area contributed by atoms with Gasteiger partial charge < -0.3 is 5.32 Å². The molecule has 0 fully saturated rings. The van der Waals surface area contributed by atoms with Crippen LogP contribution in [0.1, 0.15) is 49.1 Å². The number of anilines is 1. The monoisotopic (exact) mass is 331 g/mol. The van der Waals surface area contributed by atoms with Gasteiger partial charge in [-0.25, -0.2) is 0 Å². The highest BCUT2D eigenvalue weighted by Gasteiger charge is 2.31. The molecule has 3 rings (SSSR count). The SMILES string of the molecule is CCC(CC)n1[nH]c(=O)c2c1NC(=O)CS[C@@H]2c1ccccc1. The van der Waals surface area contributed by atoms with E-state index in [9.17, 15) is 9.59 Å². The molecule has 0 saturated carbocycles. The third-order valence-electron chi connectivity index (χ3n) is 4.27. The Morgan fingerprint density at radius 1 is 1.22 bits per heavy atom. The number of H-pyrrole nitrogens is 1. The average molecular weight is 331 g/mol. The van der Waals surface area contributed by atoms with Gasteiger partial charge in [0.05, 0.1) is 22.6 Å². The largest absolute Gasteiger partial charge is 0.310 e. The number of amides is 1. The molecule has 1 aliphatic rings. The van der Waals surface area contributed by atoms with Crippen molar-refractivity contribution in [2.45, 2.75) is 38.0 Å². The van der Waals surface area contributed by atoms with E-state index in [0.717, 1.165) is 18.4 Å². The second-order valence-corrected chi connectivity index (χ2v) is 6.79. The van der Waals surface area contributed by atoms with E-state index in [2.05, 4.69) is 24.3 Å². The van der Waals surface area contributed by atoms with Crippen molar-refractivity contribution >= 4 is 23.5 Å². The molecule has 1 amide bonds. The van der Waals surface area contributed by atoms with Crippen molar-refractivity contribution in [3.8, 4) is 0 Å². The van der Waals surface area contributed by atoms with Crippen molar-refractivity contribution in [3.63, 3.8) is 0 Å². The molecule has 0 radical (unpaired) electrons. The Morgan fingerprint density at radius 2 is 1.91 bits per heavy atom. The zero-order valence-electron chi connectivity index (χ0n) is 13.3. The van der Waals surface area contributed by atoms with Crippen molar-refractivity contribution in [1.29, 1.82) is 0 Å². The molecule has 0 aliphatic carbocycles. The minimum atomic E-state index is -0.135. The smallest absolute Gasteiger partial charge is 0.270 e. The Hall–Kier alpha value is -1.95. The van der Waals surface area contributed by atoms with Crippen LogP contribution in [0.25, 0.3) is 0 Å². The Kier molecular flexibility index (Phi) is 4.61. The Balaban J connectivity index is 2.16. The van der Waals surface area contributed by atoms with Gasteiger partial charge in [0, 0.05) is 0 Å². The fourth-order valence-electron chi connectivity index (χ4n) is 3.06. The number of thioether (sulfide) groups is 1. The summed E-state index contributed by atoms with van der Waals surface area (Å²) in [4.78, 5) is 24.7. The lowest BCUT2D eigenvalue weighted by Gasteiger charge is -2.18. The van der Waals surface area contributed by atoms with Gasteiger partial charge in [-0.05, 0) is 18.4 Å². The van der Waals surface area contributed by atoms with Crippen molar-refractivity contribution < 1.29 is 4.79 Å². The van der Waals surface area contributed by atoms with Crippen molar-refractivity contribution in [2.24, 2.45) is 0 Å². The molecule has 0 bridgehead atoms. The van der Waals surface area contributed by atoms with Crippen LogP contribution in [0.15, 0.2) is 35.1 Å². The van der Waals surface area contributed by atoms with Crippen LogP contribution in [0, 0.1) is 0 Å². The minimum absolute atomic E-state index is 0.0617. The number of nitrogens with one attached hydrogen (secondary N) is 2. The molecule has 2 heterocycles. The molecule has 1 atom stereocenters. The molecule has 0 saturated heterocycles. The number of aromatic amines is 1. The number of rotatable bonds is 4. The summed E-state index contributed by atoms with van der Waals surface area (Å²) in [6.07, 6.45) is 1.79. The zero-order chi connectivity index (χ0) is 16.4. The number of hydrogen-bond donors (Lipinski definition) is 2. The standard InChI is InChI=1S/C17H21N3O2S/c1-3-12(4-2)20-16-14(17(22)19-20)15(23-10-13(21)18-16)11-8-6-5-7-9-11/h5-9,12,15H,3-4,10H2,1-2H3,(H,18,21)(H,19,22)/t15-/m1/s1. The topological polar surface area (TPSA) is 66.9 Å². The number of aromatic nitrogens is 2. The van der Waals surface area contributed by atoms with E-state index in [1.165, 1.54) is 11.8 Å². The average Bonchev–Trinajstić information content (AvgIpc) is 2.77. The first-order valence-corrected chi connectivity index (χ1v) is 9.01. The second kappa shape index (κ2) is 6.66. The highest BCUT2D eigenvalue weighted by atomic mass is 32.2. The van der Waals surface area contributed by atoms with Crippen LogP contribution in [0.3, 0.4) is 0 Å². The minimum Gasteiger partial charge on any atom is -0.310 e. The van der Waals surface area contributed by atoms with Crippen molar-refractivity contribution in [3.05, 3.63) is 51.8 Å². The number of carbonyl (C=O) groups excluding carboxylic acids is 1. The number of carbonyl (C=O) groups is 1. The van der Waals surface area contributed by atoms with Gasteiger partial charge in [-0.15, -0.1) is 11.8 Å². The predicted octanol–water partition coefficient (Wildman–Crippen LogP) is 3.31. The van der Waals surface area contributed by atoms with Gasteiger partial charge in [0.1, 0.15) is 5.82 Å². The van der Waals surface area contributed by atoms with Crippen LogP contribution in [0.4, 0.5) is 5.82 Å². The molecule has 23 heavy (non-hydrogen) atoms. The normalized spacial score (nSPS) is 17.7. The molecular formula is C17H21N3O2S. The van der Waals surface area contributed by atoms with Gasteiger partial charge in [-0.3, -0.25) is 19.4 Å². The lowest BCUT2D eigenvalue weighted by molar-refractivity contribution is -0.113. The van der Waals surface area contributed by atoms with E-state index in [0.29, 0.717) is 17.1 Å². The van der Waals surface area contributed by atoms with Crippen LogP contribution < -0.4 is 10.9 Å². The number of fused-ring (bicyclic) bond motifs is 1. The molecule has 1 aliphatic heterocycles. The van der Waals surface area contributed by atoms with Gasteiger partial charge >= 0.3 is 0 Å². The number of hydrogen-bond acceptors (Lipinski definition) is 3. The first-order valence-electron chi connectivity index (χ1n) is 7.96. The van der Waals surface area contributed by atoms with Crippen LogP contribution in [0.5, 0.6) is 0 Å².